The molecule has 122 valence electrons. The molecule has 2 aromatic rings. The van der Waals surface area contributed by atoms with Crippen molar-refractivity contribution < 1.29 is 4.74 Å². The molecule has 0 aliphatic rings. The van der Waals surface area contributed by atoms with Crippen LogP contribution >= 0.6 is 0 Å². The summed E-state index contributed by atoms with van der Waals surface area (Å²) in [4.78, 5) is 12.6. The minimum Gasteiger partial charge on any atom is -0.497 e. The Bertz CT molecular complexity index is 696. The smallest absolute Gasteiger partial charge is 0.228 e. The van der Waals surface area contributed by atoms with Crippen LogP contribution in [-0.4, -0.2) is 38.2 Å². The van der Waals surface area contributed by atoms with E-state index in [2.05, 4.69) is 9.97 Å². The van der Waals surface area contributed by atoms with Crippen LogP contribution in [0, 0.1) is 0 Å². The molecule has 0 unspecified atom stereocenters. The average molecular weight is 314 g/mol. The van der Waals surface area contributed by atoms with E-state index >= 15 is 0 Å². The van der Waals surface area contributed by atoms with Gasteiger partial charge in [-0.25, -0.2) is 0 Å². The maximum Gasteiger partial charge on any atom is 0.228 e. The van der Waals surface area contributed by atoms with E-state index in [9.17, 15) is 0 Å². The van der Waals surface area contributed by atoms with Crippen LogP contribution in [0.1, 0.15) is 5.56 Å². The highest BCUT2D eigenvalue weighted by Crippen LogP contribution is 2.31. The number of anilines is 4. The zero-order chi connectivity index (χ0) is 17.0. The topological polar surface area (TPSA) is 93.5 Å². The third kappa shape index (κ3) is 3.45. The SMILES string of the molecule is COc1ccc(N(C)c2nc(N(C)C)nc(N)c2/C=C\N)cc1. The fourth-order valence-electron chi connectivity index (χ4n) is 2.10. The van der Waals surface area contributed by atoms with Gasteiger partial charge in [-0.1, -0.05) is 0 Å². The number of aromatic nitrogens is 2. The predicted molar refractivity (Wildman–Crippen MR) is 95.0 cm³/mol. The molecule has 0 saturated heterocycles. The number of rotatable bonds is 5. The molecule has 0 atom stereocenters. The number of ether oxygens (including phenoxy) is 1. The second kappa shape index (κ2) is 6.87. The normalized spacial score (nSPS) is 10.8. The quantitative estimate of drug-likeness (QED) is 0.869. The molecular formula is C16H22N6O. The van der Waals surface area contributed by atoms with Crippen LogP contribution in [0.5, 0.6) is 5.75 Å². The molecule has 1 aromatic carbocycles. The Balaban J connectivity index is 2.53. The monoisotopic (exact) mass is 314 g/mol. The lowest BCUT2D eigenvalue weighted by molar-refractivity contribution is 0.415. The summed E-state index contributed by atoms with van der Waals surface area (Å²) in [5, 5.41) is 0. The van der Waals surface area contributed by atoms with Crippen molar-refractivity contribution in [2.75, 3.05) is 43.8 Å². The first-order chi connectivity index (χ1) is 11.0. The Hall–Kier alpha value is -2.96. The van der Waals surface area contributed by atoms with E-state index in [1.807, 2.05) is 50.3 Å². The van der Waals surface area contributed by atoms with Gasteiger partial charge in [-0.3, -0.25) is 0 Å². The van der Waals surface area contributed by atoms with Gasteiger partial charge in [0.2, 0.25) is 5.95 Å². The van der Waals surface area contributed by atoms with Crippen molar-refractivity contribution in [3.63, 3.8) is 0 Å². The van der Waals surface area contributed by atoms with Crippen molar-refractivity contribution in [1.82, 2.24) is 9.97 Å². The molecule has 0 aliphatic carbocycles. The highest BCUT2D eigenvalue weighted by Gasteiger charge is 2.16. The van der Waals surface area contributed by atoms with Gasteiger partial charge in [0.05, 0.1) is 12.7 Å². The summed E-state index contributed by atoms with van der Waals surface area (Å²) in [6.07, 6.45) is 3.12. The molecule has 0 amide bonds. The number of methoxy groups -OCH3 is 1. The highest BCUT2D eigenvalue weighted by molar-refractivity contribution is 5.77. The van der Waals surface area contributed by atoms with Gasteiger partial charge in [-0.05, 0) is 36.5 Å². The Morgan fingerprint density at radius 3 is 2.26 bits per heavy atom. The number of nitrogen functional groups attached to an aromatic ring is 1. The summed E-state index contributed by atoms with van der Waals surface area (Å²) >= 11 is 0. The zero-order valence-electron chi connectivity index (χ0n) is 13.8. The maximum absolute atomic E-state index is 6.08. The van der Waals surface area contributed by atoms with Gasteiger partial charge in [0, 0.05) is 26.8 Å². The van der Waals surface area contributed by atoms with Crippen LogP contribution < -0.4 is 26.0 Å². The summed E-state index contributed by atoms with van der Waals surface area (Å²) in [6, 6.07) is 7.67. The molecular weight excluding hydrogens is 292 g/mol. The van der Waals surface area contributed by atoms with E-state index in [1.54, 1.807) is 18.1 Å². The molecule has 1 heterocycles. The predicted octanol–water partition coefficient (Wildman–Crippen LogP) is 1.83. The van der Waals surface area contributed by atoms with Crippen molar-refractivity contribution >= 4 is 29.3 Å². The fraction of sp³-hybridized carbons (Fsp3) is 0.250. The molecule has 2 rings (SSSR count). The molecule has 0 bridgehead atoms. The van der Waals surface area contributed by atoms with Gasteiger partial charge < -0.3 is 26.0 Å². The summed E-state index contributed by atoms with van der Waals surface area (Å²) in [5.74, 6) is 2.38. The van der Waals surface area contributed by atoms with Crippen LogP contribution in [0.15, 0.2) is 30.5 Å². The van der Waals surface area contributed by atoms with E-state index in [0.717, 1.165) is 11.4 Å². The molecule has 0 saturated carbocycles. The van der Waals surface area contributed by atoms with Gasteiger partial charge >= 0.3 is 0 Å². The molecule has 23 heavy (non-hydrogen) atoms. The third-order valence-corrected chi connectivity index (χ3v) is 3.38. The first kappa shape index (κ1) is 16.4. The number of nitrogens with two attached hydrogens (primary N) is 2. The van der Waals surface area contributed by atoms with E-state index in [4.69, 9.17) is 16.2 Å². The molecule has 4 N–H and O–H groups in total. The fourth-order valence-corrected chi connectivity index (χ4v) is 2.10. The minimum absolute atomic E-state index is 0.376. The Kier molecular flexibility index (Phi) is 4.90. The lowest BCUT2D eigenvalue weighted by Gasteiger charge is -2.23. The zero-order valence-corrected chi connectivity index (χ0v) is 13.8. The lowest BCUT2D eigenvalue weighted by Crippen LogP contribution is -2.19. The molecule has 1 aromatic heterocycles. The molecule has 7 heteroatoms. The first-order valence-electron chi connectivity index (χ1n) is 7.08. The summed E-state index contributed by atoms with van der Waals surface area (Å²) in [6.45, 7) is 0. The Labute approximate surface area is 136 Å². The van der Waals surface area contributed by atoms with Crippen LogP contribution in [0.2, 0.25) is 0 Å². The van der Waals surface area contributed by atoms with Gasteiger partial charge in [-0.15, -0.1) is 0 Å². The first-order valence-corrected chi connectivity index (χ1v) is 7.08. The third-order valence-electron chi connectivity index (χ3n) is 3.38. The number of hydrogen-bond donors (Lipinski definition) is 2. The van der Waals surface area contributed by atoms with Crippen LogP contribution in [0.3, 0.4) is 0 Å². The van der Waals surface area contributed by atoms with E-state index < -0.39 is 0 Å². The Morgan fingerprint density at radius 1 is 1.09 bits per heavy atom. The number of benzene rings is 1. The van der Waals surface area contributed by atoms with Gasteiger partial charge in [-0.2, -0.15) is 9.97 Å². The van der Waals surface area contributed by atoms with Gasteiger partial charge in [0.25, 0.3) is 0 Å². The van der Waals surface area contributed by atoms with Crippen molar-refractivity contribution in [3.05, 3.63) is 36.0 Å². The van der Waals surface area contributed by atoms with Crippen molar-refractivity contribution in [3.8, 4) is 5.75 Å². The van der Waals surface area contributed by atoms with Crippen molar-refractivity contribution in [1.29, 1.82) is 0 Å². The highest BCUT2D eigenvalue weighted by atomic mass is 16.5. The second-order valence-corrected chi connectivity index (χ2v) is 5.16. The average Bonchev–Trinajstić information content (AvgIpc) is 2.55. The van der Waals surface area contributed by atoms with Crippen LogP contribution in [0.25, 0.3) is 6.08 Å². The second-order valence-electron chi connectivity index (χ2n) is 5.16. The van der Waals surface area contributed by atoms with Crippen molar-refractivity contribution in [2.45, 2.75) is 0 Å². The summed E-state index contributed by atoms with van der Waals surface area (Å²) in [7, 11) is 7.28. The molecule has 0 fully saturated rings. The molecule has 0 radical (unpaired) electrons. The van der Waals surface area contributed by atoms with Gasteiger partial charge in [0.1, 0.15) is 17.4 Å². The van der Waals surface area contributed by atoms with E-state index in [-0.39, 0.29) is 0 Å². The Morgan fingerprint density at radius 2 is 1.74 bits per heavy atom. The molecule has 0 spiro atoms. The van der Waals surface area contributed by atoms with Gasteiger partial charge in [0.15, 0.2) is 0 Å². The largest absolute Gasteiger partial charge is 0.497 e. The van der Waals surface area contributed by atoms with Crippen molar-refractivity contribution in [2.24, 2.45) is 5.73 Å². The minimum atomic E-state index is 0.376. The van der Waals surface area contributed by atoms with Crippen LogP contribution in [0.4, 0.5) is 23.3 Å². The summed E-state index contributed by atoms with van der Waals surface area (Å²) in [5.41, 5.74) is 13.2. The van der Waals surface area contributed by atoms with E-state index in [0.29, 0.717) is 23.1 Å². The standard InChI is InChI=1S/C16H22N6O/c1-21(2)16-19-14(18)13(9-10-17)15(20-16)22(3)11-5-7-12(23-4)8-6-11/h5-10H,17H2,1-4H3,(H2,18,19,20)/b10-9-. The van der Waals surface area contributed by atoms with E-state index in [1.165, 1.54) is 6.20 Å². The lowest BCUT2D eigenvalue weighted by atomic mass is 10.2. The molecule has 7 nitrogen and oxygen atoms in total. The number of hydrogen-bond acceptors (Lipinski definition) is 7. The summed E-state index contributed by atoms with van der Waals surface area (Å²) < 4.78 is 5.19. The molecule has 0 aliphatic heterocycles. The maximum atomic E-state index is 6.08. The van der Waals surface area contributed by atoms with Crippen LogP contribution in [-0.2, 0) is 0 Å². The number of nitrogens with zero attached hydrogens (tertiary/aromatic N) is 4.